The molecule has 1 atom stereocenters. The second-order valence-electron chi connectivity index (χ2n) is 6.72. The summed E-state index contributed by atoms with van der Waals surface area (Å²) < 4.78 is 5.58. The Balaban J connectivity index is 0.000000878. The molecule has 1 saturated heterocycles. The van der Waals surface area contributed by atoms with Gasteiger partial charge in [-0.25, -0.2) is 0 Å². The fourth-order valence-electron chi connectivity index (χ4n) is 3.47. The van der Waals surface area contributed by atoms with Crippen molar-refractivity contribution in [3.05, 3.63) is 48.0 Å². The minimum Gasteiger partial charge on any atom is -0.483 e. The van der Waals surface area contributed by atoms with Crippen molar-refractivity contribution in [2.24, 2.45) is 0 Å². The number of ether oxygens (including phenoxy) is 1. The van der Waals surface area contributed by atoms with Gasteiger partial charge in [0.2, 0.25) is 5.91 Å². The number of hydrogen-bond acceptors (Lipinski definition) is 5. The number of likely N-dealkylation sites (N-methyl/N-ethyl adjacent to an activating group) is 1. The summed E-state index contributed by atoms with van der Waals surface area (Å²) >= 11 is 0. The van der Waals surface area contributed by atoms with E-state index in [2.05, 4.69) is 18.2 Å². The summed E-state index contributed by atoms with van der Waals surface area (Å²) in [7, 11) is 1.96. The molecular formula is C21H28N2O5. The molecule has 7 nitrogen and oxygen atoms in total. The van der Waals surface area contributed by atoms with Crippen molar-refractivity contribution in [1.82, 2.24) is 9.80 Å². The summed E-state index contributed by atoms with van der Waals surface area (Å²) in [5, 5.41) is 18.3. The predicted octanol–water partition coefficient (Wildman–Crippen LogP) is 1.23. The van der Waals surface area contributed by atoms with Crippen molar-refractivity contribution < 1.29 is 24.5 Å². The van der Waals surface area contributed by atoms with Crippen molar-refractivity contribution in [2.45, 2.75) is 12.5 Å². The molecule has 3 rings (SSSR count). The lowest BCUT2D eigenvalue weighted by Gasteiger charge is -2.37. The average Bonchev–Trinajstić information content (AvgIpc) is 2.69. The van der Waals surface area contributed by atoms with Gasteiger partial charge in [-0.2, -0.15) is 0 Å². The monoisotopic (exact) mass is 388 g/mol. The number of carboxylic acid groups (broad SMARTS) is 1. The Morgan fingerprint density at radius 3 is 2.75 bits per heavy atom. The number of morpholine rings is 1. The van der Waals surface area contributed by atoms with Gasteiger partial charge in [0.1, 0.15) is 0 Å². The van der Waals surface area contributed by atoms with E-state index in [1.807, 2.05) is 41.1 Å². The standard InChI is InChI=1S/C20H26N2O3.CH2O2/c1-21(9-11-23)14-18-15-25-12-10-22(18)20(24)13-17-7-4-6-16-5-2-3-8-19(16)17;2-1-3/h2-8,18,23H,9-15H2,1H3;1H,(H,2,3). The van der Waals surface area contributed by atoms with Gasteiger partial charge in [0.05, 0.1) is 32.3 Å². The van der Waals surface area contributed by atoms with Crippen LogP contribution in [0.5, 0.6) is 0 Å². The second kappa shape index (κ2) is 11.4. The lowest BCUT2D eigenvalue weighted by molar-refractivity contribution is -0.139. The Kier molecular flexibility index (Phi) is 8.87. The molecular weight excluding hydrogens is 360 g/mol. The molecule has 28 heavy (non-hydrogen) atoms. The number of hydrogen-bond donors (Lipinski definition) is 2. The number of amides is 1. The lowest BCUT2D eigenvalue weighted by Crippen LogP contribution is -2.53. The normalized spacial score (nSPS) is 16.5. The molecule has 0 radical (unpaired) electrons. The highest BCUT2D eigenvalue weighted by Gasteiger charge is 2.28. The van der Waals surface area contributed by atoms with Crippen LogP contribution in [-0.2, 0) is 20.7 Å². The van der Waals surface area contributed by atoms with E-state index in [0.29, 0.717) is 39.3 Å². The third kappa shape index (κ3) is 6.02. The van der Waals surface area contributed by atoms with E-state index in [0.717, 1.165) is 16.3 Å². The molecule has 1 unspecified atom stereocenters. The predicted molar refractivity (Wildman–Crippen MR) is 107 cm³/mol. The maximum absolute atomic E-state index is 13.0. The van der Waals surface area contributed by atoms with Gasteiger partial charge in [-0.1, -0.05) is 42.5 Å². The van der Waals surface area contributed by atoms with Gasteiger partial charge in [0, 0.05) is 19.6 Å². The number of carbonyl (C=O) groups is 2. The average molecular weight is 388 g/mol. The van der Waals surface area contributed by atoms with Crippen LogP contribution in [0.25, 0.3) is 10.8 Å². The Morgan fingerprint density at radius 2 is 2.00 bits per heavy atom. The number of aliphatic hydroxyl groups excluding tert-OH is 1. The van der Waals surface area contributed by atoms with Gasteiger partial charge >= 0.3 is 0 Å². The van der Waals surface area contributed by atoms with E-state index in [-0.39, 0.29) is 25.0 Å². The van der Waals surface area contributed by atoms with Gasteiger partial charge in [-0.15, -0.1) is 0 Å². The van der Waals surface area contributed by atoms with Crippen molar-refractivity contribution in [1.29, 1.82) is 0 Å². The molecule has 1 aliphatic heterocycles. The highest BCUT2D eigenvalue weighted by Crippen LogP contribution is 2.20. The first-order valence-corrected chi connectivity index (χ1v) is 9.31. The smallest absolute Gasteiger partial charge is 0.290 e. The van der Waals surface area contributed by atoms with Crippen LogP contribution in [-0.4, -0.2) is 84.9 Å². The van der Waals surface area contributed by atoms with E-state index in [4.69, 9.17) is 19.7 Å². The molecule has 0 bridgehead atoms. The Hall–Kier alpha value is -2.48. The summed E-state index contributed by atoms with van der Waals surface area (Å²) in [6.07, 6.45) is 0.404. The Bertz CT molecular complexity index is 762. The van der Waals surface area contributed by atoms with Crippen molar-refractivity contribution in [3.8, 4) is 0 Å². The third-order valence-electron chi connectivity index (χ3n) is 4.77. The topological polar surface area (TPSA) is 90.3 Å². The largest absolute Gasteiger partial charge is 0.483 e. The van der Waals surface area contributed by atoms with Gasteiger partial charge < -0.3 is 24.7 Å². The molecule has 0 aliphatic carbocycles. The van der Waals surface area contributed by atoms with Crippen molar-refractivity contribution in [2.75, 3.05) is 46.5 Å². The van der Waals surface area contributed by atoms with Crippen molar-refractivity contribution >= 4 is 23.2 Å². The first-order chi connectivity index (χ1) is 13.6. The number of rotatable bonds is 6. The zero-order valence-electron chi connectivity index (χ0n) is 16.2. The van der Waals surface area contributed by atoms with E-state index in [9.17, 15) is 4.79 Å². The van der Waals surface area contributed by atoms with E-state index in [1.54, 1.807) is 0 Å². The fraction of sp³-hybridized carbons (Fsp3) is 0.429. The molecule has 1 amide bonds. The minimum atomic E-state index is -0.250. The van der Waals surface area contributed by atoms with Crippen LogP contribution in [0, 0.1) is 0 Å². The molecule has 1 aliphatic rings. The number of fused-ring (bicyclic) bond motifs is 1. The maximum Gasteiger partial charge on any atom is 0.290 e. The first kappa shape index (κ1) is 21.8. The van der Waals surface area contributed by atoms with Crippen LogP contribution in [0.2, 0.25) is 0 Å². The second-order valence-corrected chi connectivity index (χ2v) is 6.72. The van der Waals surface area contributed by atoms with Crippen LogP contribution in [0.15, 0.2) is 42.5 Å². The molecule has 0 aromatic heterocycles. The molecule has 152 valence electrons. The molecule has 7 heteroatoms. The summed E-state index contributed by atoms with van der Waals surface area (Å²) in [5.74, 6) is 0.141. The van der Waals surface area contributed by atoms with Gasteiger partial charge in [0.15, 0.2) is 0 Å². The van der Waals surface area contributed by atoms with Crippen LogP contribution in [0.4, 0.5) is 0 Å². The van der Waals surface area contributed by atoms with Crippen LogP contribution in [0.3, 0.4) is 0 Å². The van der Waals surface area contributed by atoms with Gasteiger partial charge in [-0.05, 0) is 23.4 Å². The minimum absolute atomic E-state index is 0.0350. The molecule has 2 aromatic rings. The van der Waals surface area contributed by atoms with Gasteiger partial charge in [-0.3, -0.25) is 9.59 Å². The number of aliphatic hydroxyl groups is 1. The SMILES string of the molecule is CN(CCO)CC1COCCN1C(=O)Cc1cccc2ccccc12.O=CO. The molecule has 2 N–H and O–H groups in total. The first-order valence-electron chi connectivity index (χ1n) is 9.31. The maximum atomic E-state index is 13.0. The summed E-state index contributed by atoms with van der Waals surface area (Å²) in [6.45, 7) is 2.94. The number of benzene rings is 2. The molecule has 0 spiro atoms. The molecule has 1 fully saturated rings. The van der Waals surface area contributed by atoms with E-state index >= 15 is 0 Å². The van der Waals surface area contributed by atoms with E-state index in [1.165, 1.54) is 0 Å². The fourth-order valence-corrected chi connectivity index (χ4v) is 3.47. The Morgan fingerprint density at radius 1 is 1.29 bits per heavy atom. The summed E-state index contributed by atoms with van der Waals surface area (Å²) in [5.41, 5.74) is 1.07. The lowest BCUT2D eigenvalue weighted by atomic mass is 10.0. The van der Waals surface area contributed by atoms with Crippen LogP contribution in [0.1, 0.15) is 5.56 Å². The zero-order valence-corrected chi connectivity index (χ0v) is 16.2. The molecule has 2 aromatic carbocycles. The quantitative estimate of drug-likeness (QED) is 0.724. The molecule has 0 saturated carbocycles. The summed E-state index contributed by atoms with van der Waals surface area (Å²) in [4.78, 5) is 25.3. The van der Waals surface area contributed by atoms with Crippen molar-refractivity contribution in [3.63, 3.8) is 0 Å². The summed E-state index contributed by atoms with van der Waals surface area (Å²) in [6, 6.07) is 14.3. The molecule has 1 heterocycles. The highest BCUT2D eigenvalue weighted by molar-refractivity contribution is 5.90. The van der Waals surface area contributed by atoms with E-state index < -0.39 is 0 Å². The third-order valence-corrected chi connectivity index (χ3v) is 4.77. The van der Waals surface area contributed by atoms with Crippen LogP contribution < -0.4 is 0 Å². The van der Waals surface area contributed by atoms with Gasteiger partial charge in [0.25, 0.3) is 6.47 Å². The van der Waals surface area contributed by atoms with Crippen LogP contribution >= 0.6 is 0 Å². The number of carbonyl (C=O) groups excluding carboxylic acids is 1. The highest BCUT2D eigenvalue weighted by atomic mass is 16.5. The zero-order chi connectivity index (χ0) is 20.4. The Labute approximate surface area is 165 Å². The number of nitrogens with zero attached hydrogens (tertiary/aromatic N) is 2.